The highest BCUT2D eigenvalue weighted by molar-refractivity contribution is 5.76. The van der Waals surface area contributed by atoms with E-state index in [4.69, 9.17) is 4.74 Å². The Morgan fingerprint density at radius 1 is 0.429 bits per heavy atom. The summed E-state index contributed by atoms with van der Waals surface area (Å²) in [5, 5.41) is 23.3. The summed E-state index contributed by atoms with van der Waals surface area (Å²) in [6.45, 7) is 4.89. The van der Waals surface area contributed by atoms with Crippen LogP contribution in [-0.2, 0) is 14.3 Å². The molecule has 0 aromatic carbocycles. The lowest BCUT2D eigenvalue weighted by molar-refractivity contribution is -0.143. The molecule has 1 amide bonds. The Bertz CT molecular complexity index is 939. The highest BCUT2D eigenvalue weighted by Crippen LogP contribution is 2.17. The molecular weight excluding hydrogens is 779 g/mol. The third-order valence-corrected chi connectivity index (χ3v) is 13.3. The molecule has 3 N–H and O–H groups in total. The van der Waals surface area contributed by atoms with E-state index in [9.17, 15) is 19.8 Å². The number of ether oxygens (including phenoxy) is 1. The van der Waals surface area contributed by atoms with Gasteiger partial charge < -0.3 is 20.3 Å². The third kappa shape index (κ3) is 49.9. The van der Waals surface area contributed by atoms with Crippen LogP contribution in [0.5, 0.6) is 0 Å². The Hall–Kier alpha value is -1.40. The number of carbonyl (C=O) groups is 2. The fourth-order valence-corrected chi connectivity index (χ4v) is 8.93. The molecular formula is C57H111NO5. The van der Waals surface area contributed by atoms with Gasteiger partial charge in [0.05, 0.1) is 25.4 Å². The van der Waals surface area contributed by atoms with Crippen molar-refractivity contribution in [2.24, 2.45) is 0 Å². The van der Waals surface area contributed by atoms with Gasteiger partial charge in [0, 0.05) is 12.8 Å². The molecule has 0 aliphatic carbocycles. The minimum Gasteiger partial charge on any atom is -0.466 e. The lowest BCUT2D eigenvalue weighted by Crippen LogP contribution is -2.45. The highest BCUT2D eigenvalue weighted by atomic mass is 16.5. The quantitative estimate of drug-likeness (QED) is 0.0321. The molecule has 63 heavy (non-hydrogen) atoms. The number of carbonyl (C=O) groups excluding carboxylic acids is 2. The maximum atomic E-state index is 12.5. The molecule has 0 saturated carbocycles. The summed E-state index contributed by atoms with van der Waals surface area (Å²) in [4.78, 5) is 24.5. The molecule has 2 atom stereocenters. The van der Waals surface area contributed by atoms with Gasteiger partial charge in [-0.25, -0.2) is 0 Å². The summed E-state index contributed by atoms with van der Waals surface area (Å²) in [6.07, 6.45) is 62.0. The van der Waals surface area contributed by atoms with Gasteiger partial charge in [-0.05, 0) is 51.4 Å². The van der Waals surface area contributed by atoms with Gasteiger partial charge in [0.1, 0.15) is 0 Å². The lowest BCUT2D eigenvalue weighted by atomic mass is 10.0. The van der Waals surface area contributed by atoms with Crippen LogP contribution in [-0.4, -0.2) is 47.4 Å². The van der Waals surface area contributed by atoms with Gasteiger partial charge in [0.2, 0.25) is 5.91 Å². The first-order valence-corrected chi connectivity index (χ1v) is 28.4. The smallest absolute Gasteiger partial charge is 0.305 e. The standard InChI is InChI=1S/C57H111NO5/c1-3-5-7-9-11-13-15-17-19-20-21-22-23-24-26-27-29-33-37-41-45-49-55(60)54(53-59)58-56(61)50-46-42-38-34-31-32-36-40-44-48-52-63-57(62)51-47-43-39-35-30-28-25-18-16-14-12-10-8-6-4-2/h32,36,54-55,59-60H,3-31,33-35,37-53H2,1-2H3,(H,58,61)/b36-32-. The van der Waals surface area contributed by atoms with Crippen LogP contribution in [0.25, 0.3) is 0 Å². The Labute approximate surface area is 393 Å². The topological polar surface area (TPSA) is 95.9 Å². The van der Waals surface area contributed by atoms with Gasteiger partial charge in [-0.1, -0.05) is 264 Å². The summed E-state index contributed by atoms with van der Waals surface area (Å²) in [6, 6.07) is -0.566. The number of unbranched alkanes of at least 4 members (excludes halogenated alkanes) is 40. The van der Waals surface area contributed by atoms with Crippen LogP contribution >= 0.6 is 0 Å². The normalized spacial score (nSPS) is 12.6. The first-order chi connectivity index (χ1) is 31.0. The molecule has 0 radical (unpaired) electrons. The monoisotopic (exact) mass is 890 g/mol. The number of allylic oxidation sites excluding steroid dienone is 2. The van der Waals surface area contributed by atoms with E-state index in [1.807, 2.05) is 0 Å². The number of rotatable bonds is 53. The summed E-state index contributed by atoms with van der Waals surface area (Å²) in [7, 11) is 0. The van der Waals surface area contributed by atoms with Gasteiger partial charge in [0.25, 0.3) is 0 Å². The number of hydrogen-bond acceptors (Lipinski definition) is 5. The van der Waals surface area contributed by atoms with Gasteiger partial charge in [-0.2, -0.15) is 0 Å². The zero-order valence-electron chi connectivity index (χ0n) is 42.6. The van der Waals surface area contributed by atoms with E-state index < -0.39 is 12.1 Å². The molecule has 0 spiro atoms. The SMILES string of the molecule is CCCCCCCCCCCCCCCCCCCCCCCC(O)C(CO)NC(=O)CCCCCC/C=C\CCCCOC(=O)CCCCCCCCCCCCCCCCC. The molecule has 0 aromatic heterocycles. The third-order valence-electron chi connectivity index (χ3n) is 13.3. The van der Waals surface area contributed by atoms with E-state index in [2.05, 4.69) is 31.3 Å². The molecule has 2 unspecified atom stereocenters. The van der Waals surface area contributed by atoms with E-state index in [1.165, 1.54) is 205 Å². The van der Waals surface area contributed by atoms with Crippen molar-refractivity contribution in [3.05, 3.63) is 12.2 Å². The number of aliphatic hydroxyl groups is 2. The Morgan fingerprint density at radius 2 is 0.746 bits per heavy atom. The summed E-state index contributed by atoms with van der Waals surface area (Å²) < 4.78 is 5.44. The zero-order valence-corrected chi connectivity index (χ0v) is 42.6. The second-order valence-electron chi connectivity index (χ2n) is 19.6. The number of hydrogen-bond donors (Lipinski definition) is 3. The molecule has 0 heterocycles. The molecule has 0 rings (SSSR count). The summed E-state index contributed by atoms with van der Waals surface area (Å²) in [5.74, 6) is -0.0996. The number of esters is 1. The van der Waals surface area contributed by atoms with Crippen LogP contribution in [0.2, 0.25) is 0 Å². The fraction of sp³-hybridized carbons (Fsp3) is 0.930. The molecule has 374 valence electrons. The van der Waals surface area contributed by atoms with E-state index >= 15 is 0 Å². The van der Waals surface area contributed by atoms with Crippen molar-refractivity contribution in [1.82, 2.24) is 5.32 Å². The van der Waals surface area contributed by atoms with Crippen LogP contribution in [0.3, 0.4) is 0 Å². The average Bonchev–Trinajstić information content (AvgIpc) is 3.28. The molecule has 0 fully saturated rings. The molecule has 6 nitrogen and oxygen atoms in total. The van der Waals surface area contributed by atoms with Gasteiger partial charge >= 0.3 is 5.97 Å². The van der Waals surface area contributed by atoms with Crippen LogP contribution in [0.1, 0.15) is 316 Å². The predicted molar refractivity (Wildman–Crippen MR) is 273 cm³/mol. The van der Waals surface area contributed by atoms with E-state index in [-0.39, 0.29) is 18.5 Å². The summed E-state index contributed by atoms with van der Waals surface area (Å²) >= 11 is 0. The van der Waals surface area contributed by atoms with Crippen LogP contribution < -0.4 is 5.32 Å². The van der Waals surface area contributed by atoms with Crippen molar-refractivity contribution >= 4 is 11.9 Å². The van der Waals surface area contributed by atoms with Crippen molar-refractivity contribution in [3.63, 3.8) is 0 Å². The van der Waals surface area contributed by atoms with Gasteiger partial charge in [-0.15, -0.1) is 0 Å². The molecule has 6 heteroatoms. The van der Waals surface area contributed by atoms with Crippen molar-refractivity contribution in [2.45, 2.75) is 328 Å². The van der Waals surface area contributed by atoms with Crippen molar-refractivity contribution in [3.8, 4) is 0 Å². The fourth-order valence-electron chi connectivity index (χ4n) is 8.93. The molecule has 0 bridgehead atoms. The minimum atomic E-state index is -0.686. The summed E-state index contributed by atoms with van der Waals surface area (Å²) in [5.41, 5.74) is 0. The second kappa shape index (κ2) is 53.2. The molecule has 0 saturated heterocycles. The van der Waals surface area contributed by atoms with Crippen LogP contribution in [0, 0.1) is 0 Å². The minimum absolute atomic E-state index is 0.0325. The van der Waals surface area contributed by atoms with Crippen LogP contribution in [0.15, 0.2) is 12.2 Å². The van der Waals surface area contributed by atoms with Crippen molar-refractivity contribution in [2.75, 3.05) is 13.2 Å². The number of amides is 1. The van der Waals surface area contributed by atoms with E-state index in [0.29, 0.717) is 25.9 Å². The Kier molecular flexibility index (Phi) is 52.0. The lowest BCUT2D eigenvalue weighted by Gasteiger charge is -2.22. The predicted octanol–water partition coefficient (Wildman–Crippen LogP) is 17.3. The first-order valence-electron chi connectivity index (χ1n) is 28.4. The van der Waals surface area contributed by atoms with E-state index in [0.717, 1.165) is 77.0 Å². The van der Waals surface area contributed by atoms with Crippen molar-refractivity contribution < 1.29 is 24.5 Å². The van der Waals surface area contributed by atoms with Crippen molar-refractivity contribution in [1.29, 1.82) is 0 Å². The largest absolute Gasteiger partial charge is 0.466 e. The maximum Gasteiger partial charge on any atom is 0.305 e. The molecule has 0 aliphatic heterocycles. The highest BCUT2D eigenvalue weighted by Gasteiger charge is 2.20. The maximum absolute atomic E-state index is 12.5. The van der Waals surface area contributed by atoms with Gasteiger partial charge in [-0.3, -0.25) is 9.59 Å². The molecule has 0 aliphatic rings. The molecule has 0 aromatic rings. The number of aliphatic hydroxyl groups excluding tert-OH is 2. The number of nitrogens with one attached hydrogen (secondary N) is 1. The Balaban J connectivity index is 3.50. The Morgan fingerprint density at radius 3 is 1.13 bits per heavy atom. The zero-order chi connectivity index (χ0) is 45.8. The average molecular weight is 891 g/mol. The first kappa shape index (κ1) is 61.6. The second-order valence-corrected chi connectivity index (χ2v) is 19.6. The van der Waals surface area contributed by atoms with Crippen LogP contribution in [0.4, 0.5) is 0 Å². The van der Waals surface area contributed by atoms with E-state index in [1.54, 1.807) is 0 Å². The van der Waals surface area contributed by atoms with Gasteiger partial charge in [0.15, 0.2) is 0 Å².